The number of benzene rings is 2. The van der Waals surface area contributed by atoms with Crippen molar-refractivity contribution in [3.05, 3.63) is 65.0 Å². The molecule has 168 valence electrons. The van der Waals surface area contributed by atoms with Gasteiger partial charge in [-0.1, -0.05) is 18.2 Å². The fourth-order valence-electron chi connectivity index (χ4n) is 3.65. The highest BCUT2D eigenvalue weighted by Crippen LogP contribution is 2.39. The summed E-state index contributed by atoms with van der Waals surface area (Å²) >= 11 is 1.50. The number of carbonyl (C=O) groups excluding carboxylic acids is 1. The molecule has 1 aromatic heterocycles. The van der Waals surface area contributed by atoms with E-state index < -0.39 is 0 Å². The Bertz CT molecular complexity index is 1070. The van der Waals surface area contributed by atoms with Crippen LogP contribution in [0.25, 0.3) is 0 Å². The van der Waals surface area contributed by atoms with Crippen molar-refractivity contribution in [1.82, 2.24) is 5.32 Å². The van der Waals surface area contributed by atoms with Gasteiger partial charge in [-0.05, 0) is 62.2 Å². The van der Waals surface area contributed by atoms with Crippen molar-refractivity contribution in [3.63, 3.8) is 0 Å². The average Bonchev–Trinajstić information content (AvgIpc) is 3.31. The molecular formula is C25H28N2O4S. The van der Waals surface area contributed by atoms with Crippen molar-refractivity contribution in [1.29, 1.82) is 0 Å². The van der Waals surface area contributed by atoms with E-state index in [-0.39, 0.29) is 5.91 Å². The quantitative estimate of drug-likeness (QED) is 0.492. The lowest BCUT2D eigenvalue weighted by atomic mass is 10.1. The van der Waals surface area contributed by atoms with Gasteiger partial charge < -0.3 is 24.4 Å². The maximum Gasteiger partial charge on any atom is 0.261 e. The largest absolute Gasteiger partial charge is 0.490 e. The molecule has 6 nitrogen and oxygen atoms in total. The first-order valence-electron chi connectivity index (χ1n) is 11.0. The van der Waals surface area contributed by atoms with Crippen molar-refractivity contribution in [3.8, 4) is 17.2 Å². The highest BCUT2D eigenvalue weighted by molar-refractivity contribution is 7.18. The number of hydrogen-bond donors (Lipinski definition) is 1. The van der Waals surface area contributed by atoms with Gasteiger partial charge in [-0.3, -0.25) is 4.79 Å². The lowest BCUT2D eigenvalue weighted by Crippen LogP contribution is -2.27. The van der Waals surface area contributed by atoms with Gasteiger partial charge in [0.25, 0.3) is 5.91 Å². The summed E-state index contributed by atoms with van der Waals surface area (Å²) in [4.78, 5) is 15.6. The number of ether oxygens (including phenoxy) is 3. The third kappa shape index (κ3) is 4.99. The minimum atomic E-state index is -0.0567. The van der Waals surface area contributed by atoms with Crippen LogP contribution in [0.2, 0.25) is 0 Å². The van der Waals surface area contributed by atoms with Gasteiger partial charge in [0, 0.05) is 6.54 Å². The maximum atomic E-state index is 12.7. The Labute approximate surface area is 192 Å². The van der Waals surface area contributed by atoms with Crippen molar-refractivity contribution in [2.24, 2.45) is 0 Å². The zero-order valence-electron chi connectivity index (χ0n) is 18.4. The van der Waals surface area contributed by atoms with Crippen molar-refractivity contribution >= 4 is 27.9 Å². The fourth-order valence-corrected chi connectivity index (χ4v) is 4.61. The van der Waals surface area contributed by atoms with Crippen molar-refractivity contribution in [2.45, 2.75) is 20.3 Å². The summed E-state index contributed by atoms with van der Waals surface area (Å²) in [5.74, 6) is 2.31. The number of amides is 1. The van der Waals surface area contributed by atoms with E-state index in [0.29, 0.717) is 37.7 Å². The first-order valence-corrected chi connectivity index (χ1v) is 11.8. The van der Waals surface area contributed by atoms with Gasteiger partial charge in [-0.25, -0.2) is 0 Å². The molecule has 32 heavy (non-hydrogen) atoms. The molecule has 0 saturated heterocycles. The number of thiophene rings is 1. The Hall–Kier alpha value is -3.19. The van der Waals surface area contributed by atoms with E-state index in [0.717, 1.165) is 40.0 Å². The van der Waals surface area contributed by atoms with E-state index in [4.69, 9.17) is 14.2 Å². The molecule has 2 heterocycles. The summed E-state index contributed by atoms with van der Waals surface area (Å²) in [5.41, 5.74) is 2.13. The van der Waals surface area contributed by atoms with E-state index >= 15 is 0 Å². The standard InChI is InChI=1S/C25H28N2O4S/c1-3-29-21-10-9-18(17-22(21)30-4-2)13-14-26-25(28)23-11-12-24(32-23)27-15-16-31-20-8-6-5-7-19(20)27/h5-12,17H,3-4,13-16H2,1-2H3,(H,26,28). The number of para-hydroxylation sites is 2. The van der Waals surface area contributed by atoms with E-state index in [9.17, 15) is 4.79 Å². The van der Waals surface area contributed by atoms with Gasteiger partial charge in [-0.15, -0.1) is 11.3 Å². The molecule has 3 aromatic rings. The third-order valence-electron chi connectivity index (χ3n) is 5.12. The Balaban J connectivity index is 1.36. The number of rotatable bonds is 9. The van der Waals surface area contributed by atoms with Crippen LogP contribution in [0.3, 0.4) is 0 Å². The number of nitrogens with one attached hydrogen (secondary N) is 1. The second-order valence-electron chi connectivity index (χ2n) is 7.26. The smallest absolute Gasteiger partial charge is 0.261 e. The molecule has 1 N–H and O–H groups in total. The van der Waals surface area contributed by atoms with Crippen molar-refractivity contribution in [2.75, 3.05) is 37.8 Å². The monoisotopic (exact) mass is 452 g/mol. The molecule has 0 atom stereocenters. The van der Waals surface area contributed by atoms with Gasteiger partial charge in [0.05, 0.1) is 35.3 Å². The number of fused-ring (bicyclic) bond motifs is 1. The van der Waals surface area contributed by atoms with Crippen LogP contribution in [0.1, 0.15) is 29.1 Å². The highest BCUT2D eigenvalue weighted by atomic mass is 32.1. The zero-order chi connectivity index (χ0) is 22.3. The molecule has 2 aromatic carbocycles. The predicted molar refractivity (Wildman–Crippen MR) is 128 cm³/mol. The van der Waals surface area contributed by atoms with Crippen LogP contribution in [0, 0.1) is 0 Å². The van der Waals surface area contributed by atoms with Crippen LogP contribution in [-0.2, 0) is 6.42 Å². The molecule has 0 saturated carbocycles. The topological polar surface area (TPSA) is 60.0 Å². The number of hydrogen-bond acceptors (Lipinski definition) is 6. The van der Waals surface area contributed by atoms with Crippen molar-refractivity contribution < 1.29 is 19.0 Å². The molecule has 1 aliphatic rings. The number of nitrogens with zero attached hydrogens (tertiary/aromatic N) is 1. The minimum Gasteiger partial charge on any atom is -0.490 e. The highest BCUT2D eigenvalue weighted by Gasteiger charge is 2.21. The first kappa shape index (κ1) is 22.0. The molecule has 0 fully saturated rings. The predicted octanol–water partition coefficient (Wildman–Crippen LogP) is 5.05. The minimum absolute atomic E-state index is 0.0567. The first-order chi connectivity index (χ1) is 15.7. The molecule has 0 aliphatic carbocycles. The molecule has 0 bridgehead atoms. The Morgan fingerprint density at radius 1 is 1.06 bits per heavy atom. The van der Waals surface area contributed by atoms with Crippen LogP contribution < -0.4 is 24.4 Å². The van der Waals surface area contributed by atoms with Gasteiger partial charge >= 0.3 is 0 Å². The second-order valence-corrected chi connectivity index (χ2v) is 8.32. The summed E-state index contributed by atoms with van der Waals surface area (Å²) < 4.78 is 17.0. The second kappa shape index (κ2) is 10.4. The third-order valence-corrected chi connectivity index (χ3v) is 6.22. The summed E-state index contributed by atoms with van der Waals surface area (Å²) in [5, 5.41) is 4.07. The molecule has 4 rings (SSSR count). The van der Waals surface area contributed by atoms with Gasteiger partial charge in [0.2, 0.25) is 0 Å². The van der Waals surface area contributed by atoms with E-state index in [1.807, 2.05) is 68.4 Å². The molecular weight excluding hydrogens is 424 g/mol. The van der Waals surface area contributed by atoms with Crippen LogP contribution in [0.15, 0.2) is 54.6 Å². The van der Waals surface area contributed by atoms with Gasteiger partial charge in [-0.2, -0.15) is 0 Å². The summed E-state index contributed by atoms with van der Waals surface area (Å²) in [7, 11) is 0. The van der Waals surface area contributed by atoms with Gasteiger partial charge in [0.1, 0.15) is 12.4 Å². The van der Waals surface area contributed by atoms with E-state index in [1.54, 1.807) is 0 Å². The molecule has 0 unspecified atom stereocenters. The normalized spacial score (nSPS) is 12.6. The fraction of sp³-hybridized carbons (Fsp3) is 0.320. The summed E-state index contributed by atoms with van der Waals surface area (Å²) in [6.07, 6.45) is 0.716. The lowest BCUT2D eigenvalue weighted by molar-refractivity contribution is 0.0958. The molecule has 1 aliphatic heterocycles. The molecule has 1 amide bonds. The average molecular weight is 453 g/mol. The molecule has 0 radical (unpaired) electrons. The Kier molecular flexibility index (Phi) is 7.17. The summed E-state index contributed by atoms with van der Waals surface area (Å²) in [6, 6.07) is 17.8. The Morgan fingerprint density at radius 3 is 2.72 bits per heavy atom. The lowest BCUT2D eigenvalue weighted by Gasteiger charge is -2.29. The molecule has 7 heteroatoms. The molecule has 0 spiro atoms. The van der Waals surface area contributed by atoms with E-state index in [1.165, 1.54) is 11.3 Å². The van der Waals surface area contributed by atoms with Crippen LogP contribution in [0.4, 0.5) is 10.7 Å². The van der Waals surface area contributed by atoms with Gasteiger partial charge in [0.15, 0.2) is 11.5 Å². The van der Waals surface area contributed by atoms with Crippen LogP contribution in [0.5, 0.6) is 17.2 Å². The van der Waals surface area contributed by atoms with E-state index in [2.05, 4.69) is 10.2 Å². The number of carbonyl (C=O) groups is 1. The zero-order valence-corrected chi connectivity index (χ0v) is 19.2. The summed E-state index contributed by atoms with van der Waals surface area (Å²) in [6.45, 7) is 7.01. The number of anilines is 2. The SMILES string of the molecule is CCOc1ccc(CCNC(=O)c2ccc(N3CCOc4ccccc43)s2)cc1OCC. The Morgan fingerprint density at radius 2 is 1.88 bits per heavy atom. The van der Waals surface area contributed by atoms with Crippen LogP contribution in [-0.4, -0.2) is 38.8 Å². The van der Waals surface area contributed by atoms with Crippen LogP contribution >= 0.6 is 11.3 Å². The maximum absolute atomic E-state index is 12.7.